The zero-order chi connectivity index (χ0) is 17.2. The molecule has 2 aromatic carbocycles. The summed E-state index contributed by atoms with van der Waals surface area (Å²) in [6, 6.07) is 17.1. The third kappa shape index (κ3) is 3.20. The maximum atomic E-state index is 5.37. The zero-order valence-corrected chi connectivity index (χ0v) is 14.8. The van der Waals surface area contributed by atoms with Crippen molar-refractivity contribution in [1.82, 2.24) is 30.3 Å². The lowest BCUT2D eigenvalue weighted by Crippen LogP contribution is -2.11. The fourth-order valence-corrected chi connectivity index (χ4v) is 2.58. The summed E-state index contributed by atoms with van der Waals surface area (Å²) >= 11 is 3.41. The number of rotatable bonds is 4. The van der Waals surface area contributed by atoms with Crippen LogP contribution in [0.4, 0.5) is 0 Å². The molecule has 25 heavy (non-hydrogen) atoms. The van der Waals surface area contributed by atoms with Crippen LogP contribution in [0, 0.1) is 0 Å². The Morgan fingerprint density at radius 1 is 0.960 bits per heavy atom. The first kappa shape index (κ1) is 15.6. The molecule has 4 aromatic rings. The van der Waals surface area contributed by atoms with Crippen LogP contribution < -0.4 is 0 Å². The molecular formula is C17H13BrN6O. The fourth-order valence-electron chi connectivity index (χ4n) is 2.31. The molecule has 0 bridgehead atoms. The number of aromatic nitrogens is 6. The average Bonchev–Trinajstić information content (AvgIpc) is 3.33. The molecule has 0 spiro atoms. The molecule has 2 heterocycles. The summed E-state index contributed by atoms with van der Waals surface area (Å²) < 4.78 is 6.37. The topological polar surface area (TPSA) is 82.5 Å². The van der Waals surface area contributed by atoms with E-state index in [2.05, 4.69) is 41.5 Å². The van der Waals surface area contributed by atoms with E-state index in [9.17, 15) is 0 Å². The Hall–Kier alpha value is -2.87. The third-order valence-electron chi connectivity index (χ3n) is 3.71. The molecule has 0 aliphatic heterocycles. The summed E-state index contributed by atoms with van der Waals surface area (Å²) in [6.45, 7) is 1.88. The van der Waals surface area contributed by atoms with E-state index in [4.69, 9.17) is 4.52 Å². The van der Waals surface area contributed by atoms with Gasteiger partial charge in [0.2, 0.25) is 11.6 Å². The van der Waals surface area contributed by atoms with Gasteiger partial charge in [0.05, 0.1) is 0 Å². The number of tetrazole rings is 1. The predicted molar refractivity (Wildman–Crippen MR) is 94.5 cm³/mol. The highest BCUT2D eigenvalue weighted by Crippen LogP contribution is 2.21. The molecule has 8 heteroatoms. The van der Waals surface area contributed by atoms with Gasteiger partial charge in [-0.25, -0.2) is 0 Å². The maximum Gasteiger partial charge on any atom is 0.253 e. The maximum absolute atomic E-state index is 5.37. The molecule has 0 amide bonds. The van der Waals surface area contributed by atoms with Gasteiger partial charge in [-0.3, -0.25) is 0 Å². The highest BCUT2D eigenvalue weighted by atomic mass is 79.9. The van der Waals surface area contributed by atoms with E-state index in [-0.39, 0.29) is 6.04 Å². The van der Waals surface area contributed by atoms with E-state index in [0.29, 0.717) is 17.5 Å². The van der Waals surface area contributed by atoms with Crippen LogP contribution in [-0.4, -0.2) is 30.3 Å². The van der Waals surface area contributed by atoms with Crippen molar-refractivity contribution in [2.45, 2.75) is 13.0 Å². The first-order chi connectivity index (χ1) is 12.2. The lowest BCUT2D eigenvalue weighted by molar-refractivity contribution is 0.320. The molecule has 7 nitrogen and oxygen atoms in total. The van der Waals surface area contributed by atoms with Gasteiger partial charge in [0.1, 0.15) is 6.04 Å². The molecule has 0 aliphatic rings. The predicted octanol–water partition coefficient (Wildman–Crippen LogP) is 3.76. The largest absolute Gasteiger partial charge is 0.337 e. The molecule has 0 saturated heterocycles. The van der Waals surface area contributed by atoms with Crippen molar-refractivity contribution in [3.05, 3.63) is 65.0 Å². The molecule has 124 valence electrons. The minimum Gasteiger partial charge on any atom is -0.337 e. The van der Waals surface area contributed by atoms with Crippen LogP contribution in [0.2, 0.25) is 0 Å². The molecule has 0 N–H and O–H groups in total. The lowest BCUT2D eigenvalue weighted by atomic mass is 10.2. The van der Waals surface area contributed by atoms with Crippen LogP contribution in [0.3, 0.4) is 0 Å². The second-order valence-electron chi connectivity index (χ2n) is 5.44. The number of nitrogens with zero attached hydrogens (tertiary/aromatic N) is 6. The van der Waals surface area contributed by atoms with E-state index in [1.807, 2.05) is 61.5 Å². The van der Waals surface area contributed by atoms with Crippen molar-refractivity contribution in [2.24, 2.45) is 0 Å². The van der Waals surface area contributed by atoms with Crippen molar-refractivity contribution >= 4 is 15.9 Å². The SMILES string of the molecule is CC(c1nc(-c2ccccc2)no1)n1nnc(-c2ccc(Br)cc2)n1. The van der Waals surface area contributed by atoms with Crippen molar-refractivity contribution in [3.63, 3.8) is 0 Å². The molecule has 2 aromatic heterocycles. The van der Waals surface area contributed by atoms with Gasteiger partial charge in [-0.2, -0.15) is 9.78 Å². The summed E-state index contributed by atoms with van der Waals surface area (Å²) in [4.78, 5) is 5.91. The summed E-state index contributed by atoms with van der Waals surface area (Å²) in [7, 11) is 0. The standard InChI is InChI=1S/C17H13BrN6O/c1-11(17-19-15(22-25-17)12-5-3-2-4-6-12)24-21-16(20-23-24)13-7-9-14(18)10-8-13/h2-11H,1H3. The molecule has 0 radical (unpaired) electrons. The highest BCUT2D eigenvalue weighted by Gasteiger charge is 2.20. The van der Waals surface area contributed by atoms with Crippen LogP contribution in [-0.2, 0) is 0 Å². The van der Waals surface area contributed by atoms with E-state index >= 15 is 0 Å². The molecule has 0 aliphatic carbocycles. The van der Waals surface area contributed by atoms with Gasteiger partial charge in [0, 0.05) is 15.6 Å². The Bertz CT molecular complexity index is 980. The Kier molecular flexibility index (Phi) is 4.10. The van der Waals surface area contributed by atoms with E-state index in [1.165, 1.54) is 4.80 Å². The van der Waals surface area contributed by atoms with Crippen LogP contribution >= 0.6 is 15.9 Å². The average molecular weight is 397 g/mol. The van der Waals surface area contributed by atoms with Gasteiger partial charge in [0.15, 0.2) is 0 Å². The third-order valence-corrected chi connectivity index (χ3v) is 4.24. The summed E-state index contributed by atoms with van der Waals surface area (Å²) in [5.74, 6) is 1.51. The number of hydrogen-bond acceptors (Lipinski definition) is 6. The zero-order valence-electron chi connectivity index (χ0n) is 13.2. The van der Waals surface area contributed by atoms with Crippen molar-refractivity contribution in [1.29, 1.82) is 0 Å². The molecule has 1 unspecified atom stereocenters. The summed E-state index contributed by atoms with van der Waals surface area (Å²) in [5, 5.41) is 16.7. The van der Waals surface area contributed by atoms with E-state index < -0.39 is 0 Å². The second-order valence-corrected chi connectivity index (χ2v) is 6.35. The lowest BCUT2D eigenvalue weighted by Gasteiger charge is -2.02. The van der Waals surface area contributed by atoms with Gasteiger partial charge in [-0.05, 0) is 36.4 Å². The molecule has 0 saturated carbocycles. The quantitative estimate of drug-likeness (QED) is 0.522. The number of halogens is 1. The number of benzene rings is 2. The molecule has 4 rings (SSSR count). The first-order valence-electron chi connectivity index (χ1n) is 7.65. The van der Waals surface area contributed by atoms with Gasteiger partial charge in [-0.15, -0.1) is 10.2 Å². The minimum atomic E-state index is -0.318. The normalized spacial score (nSPS) is 12.2. The molecule has 1 atom stereocenters. The number of hydrogen-bond donors (Lipinski definition) is 0. The Labute approximate surface area is 151 Å². The van der Waals surface area contributed by atoms with Crippen LogP contribution in [0.25, 0.3) is 22.8 Å². The van der Waals surface area contributed by atoms with Gasteiger partial charge >= 0.3 is 0 Å². The van der Waals surface area contributed by atoms with Gasteiger partial charge < -0.3 is 4.52 Å². The Morgan fingerprint density at radius 3 is 2.44 bits per heavy atom. The van der Waals surface area contributed by atoms with Crippen molar-refractivity contribution in [3.8, 4) is 22.8 Å². The Morgan fingerprint density at radius 2 is 1.68 bits per heavy atom. The van der Waals surface area contributed by atoms with Crippen molar-refractivity contribution in [2.75, 3.05) is 0 Å². The molecule has 0 fully saturated rings. The smallest absolute Gasteiger partial charge is 0.253 e. The van der Waals surface area contributed by atoms with Crippen LogP contribution in [0.5, 0.6) is 0 Å². The Balaban J connectivity index is 1.58. The van der Waals surface area contributed by atoms with E-state index in [0.717, 1.165) is 15.6 Å². The fraction of sp³-hybridized carbons (Fsp3) is 0.118. The van der Waals surface area contributed by atoms with Gasteiger partial charge in [0.25, 0.3) is 5.89 Å². The second kappa shape index (κ2) is 6.56. The van der Waals surface area contributed by atoms with Gasteiger partial charge in [-0.1, -0.05) is 51.4 Å². The summed E-state index contributed by atoms with van der Waals surface area (Å²) in [6.07, 6.45) is 0. The monoisotopic (exact) mass is 396 g/mol. The van der Waals surface area contributed by atoms with E-state index in [1.54, 1.807) is 0 Å². The van der Waals surface area contributed by atoms with Crippen LogP contribution in [0.1, 0.15) is 18.9 Å². The van der Waals surface area contributed by atoms with Crippen LogP contribution in [0.15, 0.2) is 63.6 Å². The highest BCUT2D eigenvalue weighted by molar-refractivity contribution is 9.10. The molecular weight excluding hydrogens is 384 g/mol. The van der Waals surface area contributed by atoms with Crippen molar-refractivity contribution < 1.29 is 4.52 Å². The summed E-state index contributed by atoms with van der Waals surface area (Å²) in [5.41, 5.74) is 1.78. The first-order valence-corrected chi connectivity index (χ1v) is 8.44. The minimum absolute atomic E-state index is 0.318.